The molecular weight excluding hydrogens is 432 g/mol. The van der Waals surface area contributed by atoms with Crippen LogP contribution in [-0.2, 0) is 33.4 Å². The maximum atomic E-state index is 11.7. The molecule has 1 aliphatic heterocycles. The number of amides is 2. The Balaban J connectivity index is 1.97. The number of hydrogen-bond donors (Lipinski definition) is 1. The first-order chi connectivity index (χ1) is 14.4. The molecule has 1 saturated heterocycles. The Hall–Kier alpha value is -0.850. The Morgan fingerprint density at radius 2 is 1.70 bits per heavy atom. The summed E-state index contributed by atoms with van der Waals surface area (Å²) in [5.41, 5.74) is 0. The molecule has 0 aromatic rings. The van der Waals surface area contributed by atoms with Crippen LogP contribution in [-0.4, -0.2) is 86.6 Å². The van der Waals surface area contributed by atoms with E-state index in [0.29, 0.717) is 44.5 Å². The van der Waals surface area contributed by atoms with Crippen LogP contribution in [0.5, 0.6) is 0 Å². The topological polar surface area (TPSA) is 103 Å². The highest BCUT2D eigenvalue weighted by Crippen LogP contribution is 2.35. The van der Waals surface area contributed by atoms with Crippen LogP contribution in [0.15, 0.2) is 0 Å². The van der Waals surface area contributed by atoms with Gasteiger partial charge in [-0.1, -0.05) is 21.6 Å². The second-order valence-corrected chi connectivity index (χ2v) is 10.3. The molecule has 1 rings (SSSR count). The number of nitrogens with zero attached hydrogens (tertiary/aromatic N) is 1. The van der Waals surface area contributed by atoms with Crippen LogP contribution in [0.4, 0.5) is 0 Å². The van der Waals surface area contributed by atoms with Crippen molar-refractivity contribution in [3.63, 3.8) is 0 Å². The van der Waals surface area contributed by atoms with Gasteiger partial charge in [0.2, 0.25) is 0 Å². The van der Waals surface area contributed by atoms with Gasteiger partial charge in [0.1, 0.15) is 0 Å². The number of imide groups is 1. The van der Waals surface area contributed by atoms with E-state index in [2.05, 4.69) is 19.2 Å². The standard InChI is InChI=1S/C19H34N2O7S2/c1-19(2,15-20-8-9-26-12-13-27-11-10-25-3)30-29-14-4-5-18(24)28-21-16(22)6-7-17(21)23/h20H,4-15H2,1-3H3. The lowest BCUT2D eigenvalue weighted by atomic mass is 10.2. The Morgan fingerprint density at radius 1 is 1.07 bits per heavy atom. The molecule has 0 spiro atoms. The predicted octanol–water partition coefficient (Wildman–Crippen LogP) is 1.80. The number of hydrogen-bond acceptors (Lipinski definition) is 10. The molecule has 30 heavy (non-hydrogen) atoms. The third-order valence-electron chi connectivity index (χ3n) is 3.87. The fourth-order valence-corrected chi connectivity index (χ4v) is 4.87. The van der Waals surface area contributed by atoms with Gasteiger partial charge in [0, 0.05) is 50.0 Å². The highest BCUT2D eigenvalue weighted by Gasteiger charge is 2.32. The minimum atomic E-state index is -0.547. The van der Waals surface area contributed by atoms with Gasteiger partial charge in [-0.05, 0) is 20.3 Å². The Bertz CT molecular complexity index is 519. The maximum Gasteiger partial charge on any atom is 0.333 e. The SMILES string of the molecule is COCCOCCOCCNCC(C)(C)SSCCCC(=O)ON1C(=O)CCC1=O. The van der Waals surface area contributed by atoms with Gasteiger partial charge in [0.25, 0.3) is 11.8 Å². The van der Waals surface area contributed by atoms with E-state index in [1.54, 1.807) is 28.7 Å². The molecule has 0 atom stereocenters. The van der Waals surface area contributed by atoms with Crippen LogP contribution in [0.2, 0.25) is 0 Å². The lowest BCUT2D eigenvalue weighted by molar-refractivity contribution is -0.197. The number of ether oxygens (including phenoxy) is 3. The van der Waals surface area contributed by atoms with Gasteiger partial charge < -0.3 is 24.4 Å². The van der Waals surface area contributed by atoms with E-state index in [9.17, 15) is 14.4 Å². The van der Waals surface area contributed by atoms with Crippen LogP contribution in [0.3, 0.4) is 0 Å². The molecule has 1 N–H and O–H groups in total. The van der Waals surface area contributed by atoms with E-state index in [1.165, 1.54) is 0 Å². The highest BCUT2D eigenvalue weighted by molar-refractivity contribution is 8.77. The molecule has 1 aliphatic rings. The summed E-state index contributed by atoms with van der Waals surface area (Å²) in [5, 5.41) is 3.98. The summed E-state index contributed by atoms with van der Waals surface area (Å²) < 4.78 is 15.7. The molecule has 11 heteroatoms. The zero-order valence-electron chi connectivity index (χ0n) is 18.1. The highest BCUT2D eigenvalue weighted by atomic mass is 33.1. The summed E-state index contributed by atoms with van der Waals surface area (Å²) in [6.45, 7) is 8.86. The normalized spacial score (nSPS) is 14.6. The van der Waals surface area contributed by atoms with Crippen molar-refractivity contribution in [3.8, 4) is 0 Å². The van der Waals surface area contributed by atoms with E-state index in [0.717, 1.165) is 18.8 Å². The molecule has 0 radical (unpaired) electrons. The van der Waals surface area contributed by atoms with Gasteiger partial charge in [0.15, 0.2) is 0 Å². The molecule has 174 valence electrons. The van der Waals surface area contributed by atoms with E-state index in [-0.39, 0.29) is 24.0 Å². The third kappa shape index (κ3) is 12.8. The molecule has 0 saturated carbocycles. The van der Waals surface area contributed by atoms with Crippen LogP contribution >= 0.6 is 21.6 Å². The molecule has 9 nitrogen and oxygen atoms in total. The van der Waals surface area contributed by atoms with Crippen molar-refractivity contribution in [2.45, 2.75) is 44.3 Å². The van der Waals surface area contributed by atoms with Crippen LogP contribution in [0, 0.1) is 0 Å². The first-order valence-electron chi connectivity index (χ1n) is 10.1. The van der Waals surface area contributed by atoms with Gasteiger partial charge in [-0.25, -0.2) is 4.79 Å². The van der Waals surface area contributed by atoms with E-state index in [1.807, 2.05) is 0 Å². The summed E-state index contributed by atoms with van der Waals surface area (Å²) >= 11 is 0. The molecular formula is C19H34N2O7S2. The second kappa shape index (κ2) is 15.9. The summed E-state index contributed by atoms with van der Waals surface area (Å²) in [6, 6.07) is 0. The monoisotopic (exact) mass is 466 g/mol. The fourth-order valence-electron chi connectivity index (χ4n) is 2.31. The van der Waals surface area contributed by atoms with Crippen molar-refractivity contribution in [1.82, 2.24) is 10.4 Å². The largest absolute Gasteiger partial charge is 0.382 e. The molecule has 1 heterocycles. The van der Waals surface area contributed by atoms with Gasteiger partial charge in [-0.3, -0.25) is 9.59 Å². The molecule has 0 aromatic carbocycles. The summed E-state index contributed by atoms with van der Waals surface area (Å²) in [5.74, 6) is -0.673. The van der Waals surface area contributed by atoms with Crippen molar-refractivity contribution in [2.24, 2.45) is 0 Å². The number of hydroxylamine groups is 2. The van der Waals surface area contributed by atoms with Crippen LogP contribution < -0.4 is 5.32 Å². The molecule has 0 unspecified atom stereocenters. The van der Waals surface area contributed by atoms with Crippen LogP contribution in [0.25, 0.3) is 0 Å². The lowest BCUT2D eigenvalue weighted by Gasteiger charge is -2.23. The average molecular weight is 467 g/mol. The minimum Gasteiger partial charge on any atom is -0.382 e. The summed E-state index contributed by atoms with van der Waals surface area (Å²) in [7, 11) is 5.09. The van der Waals surface area contributed by atoms with Crippen molar-refractivity contribution in [2.75, 3.05) is 59.0 Å². The molecule has 0 aliphatic carbocycles. The summed E-state index contributed by atoms with van der Waals surface area (Å²) in [4.78, 5) is 39.4. The first kappa shape index (κ1) is 27.2. The van der Waals surface area contributed by atoms with Crippen molar-refractivity contribution >= 4 is 39.4 Å². The van der Waals surface area contributed by atoms with Gasteiger partial charge in [-0.15, -0.1) is 5.06 Å². The number of methoxy groups -OCH3 is 1. The van der Waals surface area contributed by atoms with E-state index >= 15 is 0 Å². The maximum absolute atomic E-state index is 11.7. The van der Waals surface area contributed by atoms with Gasteiger partial charge >= 0.3 is 5.97 Å². The Labute approximate surface area is 186 Å². The van der Waals surface area contributed by atoms with Gasteiger partial charge in [0.05, 0.1) is 33.0 Å². The van der Waals surface area contributed by atoms with Gasteiger partial charge in [-0.2, -0.15) is 0 Å². The predicted molar refractivity (Wildman–Crippen MR) is 117 cm³/mol. The van der Waals surface area contributed by atoms with E-state index < -0.39 is 17.8 Å². The summed E-state index contributed by atoms with van der Waals surface area (Å²) in [6.07, 6.45) is 1.01. The minimum absolute atomic E-state index is 0.0306. The fraction of sp³-hybridized carbons (Fsp3) is 0.842. The quantitative estimate of drug-likeness (QED) is 0.183. The number of rotatable bonds is 18. The zero-order valence-corrected chi connectivity index (χ0v) is 19.7. The molecule has 0 aromatic heterocycles. The van der Waals surface area contributed by atoms with Crippen LogP contribution in [0.1, 0.15) is 39.5 Å². The lowest BCUT2D eigenvalue weighted by Crippen LogP contribution is -2.33. The second-order valence-electron chi connectivity index (χ2n) is 7.21. The first-order valence-corrected chi connectivity index (χ1v) is 12.4. The van der Waals surface area contributed by atoms with E-state index in [4.69, 9.17) is 19.0 Å². The third-order valence-corrected chi connectivity index (χ3v) is 7.25. The smallest absolute Gasteiger partial charge is 0.333 e. The van der Waals surface area contributed by atoms with Crippen molar-refractivity contribution in [3.05, 3.63) is 0 Å². The molecule has 2 amide bonds. The number of nitrogens with one attached hydrogen (secondary N) is 1. The Morgan fingerprint density at radius 3 is 2.37 bits per heavy atom. The molecule has 1 fully saturated rings. The number of carbonyl (C=O) groups is 3. The number of carbonyl (C=O) groups excluding carboxylic acids is 3. The van der Waals surface area contributed by atoms with Crippen molar-refractivity contribution < 1.29 is 33.4 Å². The zero-order chi connectivity index (χ0) is 22.2. The Kier molecular flexibility index (Phi) is 14.4. The van der Waals surface area contributed by atoms with Crippen molar-refractivity contribution in [1.29, 1.82) is 0 Å². The average Bonchev–Trinajstić information content (AvgIpc) is 3.01. The molecule has 0 bridgehead atoms.